The van der Waals surface area contributed by atoms with Crippen LogP contribution in [-0.4, -0.2) is 93.6 Å². The van der Waals surface area contributed by atoms with Crippen LogP contribution in [-0.2, 0) is 20.8 Å². The zero-order chi connectivity index (χ0) is 34.0. The summed E-state index contributed by atoms with van der Waals surface area (Å²) in [5.41, 5.74) is 1.86. The Hall–Kier alpha value is -5.48. The second-order valence-electron chi connectivity index (χ2n) is 11.9. The van der Waals surface area contributed by atoms with Gasteiger partial charge in [0.25, 0.3) is 11.6 Å². The van der Waals surface area contributed by atoms with Gasteiger partial charge in [-0.3, -0.25) is 29.4 Å². The highest BCUT2D eigenvalue weighted by atomic mass is 16.6. The van der Waals surface area contributed by atoms with Crippen LogP contribution in [0.1, 0.15) is 17.5 Å². The van der Waals surface area contributed by atoms with Crippen LogP contribution in [0, 0.1) is 22.0 Å². The molecule has 0 aliphatic heterocycles. The summed E-state index contributed by atoms with van der Waals surface area (Å²) in [4.78, 5) is 65.8. The van der Waals surface area contributed by atoms with Gasteiger partial charge < -0.3 is 41.7 Å². The number of likely N-dealkylation sites (N-methyl/N-ethyl adjacent to an activating group) is 1. The van der Waals surface area contributed by atoms with Crippen molar-refractivity contribution < 1.29 is 44.5 Å². The van der Waals surface area contributed by atoms with Crippen molar-refractivity contribution in [3.05, 3.63) is 68.5 Å². The molecule has 4 atom stereocenters. The highest BCUT2D eigenvalue weighted by molar-refractivity contribution is 6.24. The molecule has 2 aromatic rings. The standard InChI is InChI=1S/C30H32N6O10/c1-34(2)18-11-17(33-29(43)32-13-5-7-14(8-6-13)36(45)46)23(37)20-15(18)9-12-10-16-22(35(3)4)25(39)21(28(31)42)27(41)30(16,44)26(40)19(12)24(20)38/h5-8,11-12,16,22,37-38,41,44H,9-10H2,1-4H3,(H2,31,42)(H2,32,33,43)/t12-,16-,22+,30+/m1/s1. The third kappa shape index (κ3) is 4.78. The highest BCUT2D eigenvalue weighted by Crippen LogP contribution is 2.54. The normalized spacial score (nSPS) is 23.8. The number of amides is 3. The molecule has 2 aromatic carbocycles. The van der Waals surface area contributed by atoms with Crippen LogP contribution < -0.4 is 21.3 Å². The summed E-state index contributed by atoms with van der Waals surface area (Å²) < 4.78 is 0. The first-order valence-electron chi connectivity index (χ1n) is 14.0. The number of ketones is 2. The molecule has 16 heteroatoms. The number of hydrogen-bond donors (Lipinski definition) is 7. The van der Waals surface area contributed by atoms with Crippen molar-refractivity contribution >= 4 is 52.0 Å². The number of nitrogens with one attached hydrogen (secondary N) is 2. The lowest BCUT2D eigenvalue weighted by Gasteiger charge is -2.50. The molecule has 16 nitrogen and oxygen atoms in total. The van der Waals surface area contributed by atoms with Gasteiger partial charge in [0.05, 0.1) is 22.2 Å². The molecule has 0 spiro atoms. The molecule has 5 rings (SSSR count). The van der Waals surface area contributed by atoms with E-state index in [1.165, 1.54) is 49.3 Å². The van der Waals surface area contributed by atoms with E-state index in [2.05, 4.69) is 10.6 Å². The molecule has 0 saturated heterocycles. The number of Topliss-reactive ketones (excluding diaryl/α,β-unsaturated/α-hetero) is 2. The quantitative estimate of drug-likeness (QED) is 0.103. The number of nitrogens with zero attached hydrogens (tertiary/aromatic N) is 3. The summed E-state index contributed by atoms with van der Waals surface area (Å²) in [5, 5.41) is 61.6. The Balaban J connectivity index is 1.60. The van der Waals surface area contributed by atoms with E-state index >= 15 is 0 Å². The first-order chi connectivity index (χ1) is 21.5. The maximum Gasteiger partial charge on any atom is 0.323 e. The predicted octanol–water partition coefficient (Wildman–Crippen LogP) is 1.58. The molecule has 0 heterocycles. The number of carbonyl (C=O) groups is 4. The van der Waals surface area contributed by atoms with Crippen LogP contribution in [0.4, 0.5) is 27.5 Å². The number of rotatable bonds is 6. The molecular formula is C30H32N6O10. The molecule has 46 heavy (non-hydrogen) atoms. The number of aromatic hydroxyl groups is 1. The lowest BCUT2D eigenvalue weighted by atomic mass is 9.57. The Morgan fingerprint density at radius 2 is 1.70 bits per heavy atom. The van der Waals surface area contributed by atoms with Gasteiger partial charge >= 0.3 is 6.03 Å². The van der Waals surface area contributed by atoms with Gasteiger partial charge in [0.15, 0.2) is 17.1 Å². The minimum atomic E-state index is -2.79. The van der Waals surface area contributed by atoms with Gasteiger partial charge in [-0.05, 0) is 56.6 Å². The molecule has 1 saturated carbocycles. The Morgan fingerprint density at radius 1 is 1.07 bits per heavy atom. The fourth-order valence-corrected chi connectivity index (χ4v) is 6.74. The van der Waals surface area contributed by atoms with Gasteiger partial charge in [0.2, 0.25) is 5.78 Å². The number of aliphatic hydroxyl groups excluding tert-OH is 2. The molecule has 0 unspecified atom stereocenters. The minimum Gasteiger partial charge on any atom is -0.508 e. The number of carbonyl (C=O) groups excluding carboxylic acids is 4. The van der Waals surface area contributed by atoms with Crippen LogP contribution in [0.3, 0.4) is 0 Å². The van der Waals surface area contributed by atoms with E-state index in [9.17, 15) is 49.7 Å². The third-order valence-electron chi connectivity index (χ3n) is 8.76. The molecular weight excluding hydrogens is 604 g/mol. The maximum absolute atomic E-state index is 14.1. The summed E-state index contributed by atoms with van der Waals surface area (Å²) in [6, 6.07) is 4.43. The van der Waals surface area contributed by atoms with E-state index in [1.807, 2.05) is 0 Å². The smallest absolute Gasteiger partial charge is 0.323 e. The van der Waals surface area contributed by atoms with Crippen molar-refractivity contribution in [3.8, 4) is 5.75 Å². The monoisotopic (exact) mass is 636 g/mol. The number of primary amides is 1. The van der Waals surface area contributed by atoms with Crippen LogP contribution in [0.15, 0.2) is 47.2 Å². The minimum absolute atomic E-state index is 0.0604. The van der Waals surface area contributed by atoms with Gasteiger partial charge in [-0.1, -0.05) is 0 Å². The molecule has 3 amide bonds. The summed E-state index contributed by atoms with van der Waals surface area (Å²) in [6.45, 7) is 0. The molecule has 0 radical (unpaired) electrons. The third-order valence-corrected chi connectivity index (χ3v) is 8.76. The SMILES string of the molecule is CN(C)c1cc(NC(=O)Nc2ccc([N+](=O)[O-])cc2)c(O)c2c1C[C@@H]1C[C@@H]3[C@H](N(C)C)C(=O)C(C(N)=O)=C(O)[C@@]3(O)C(=O)C1=C2O. The van der Waals surface area contributed by atoms with Crippen molar-refractivity contribution in [1.82, 2.24) is 4.90 Å². The second-order valence-corrected chi connectivity index (χ2v) is 11.9. The van der Waals surface area contributed by atoms with E-state index in [0.717, 1.165) is 0 Å². The predicted molar refractivity (Wildman–Crippen MR) is 164 cm³/mol. The molecule has 0 aromatic heterocycles. The number of nitrogens with two attached hydrogens (primary N) is 1. The number of nitro groups is 1. The molecule has 242 valence electrons. The van der Waals surface area contributed by atoms with Crippen molar-refractivity contribution in [3.63, 3.8) is 0 Å². The second kappa shape index (κ2) is 11.1. The van der Waals surface area contributed by atoms with Crippen LogP contribution >= 0.6 is 0 Å². The Kier molecular flexibility index (Phi) is 7.74. The molecule has 8 N–H and O–H groups in total. The fraction of sp³-hybridized carbons (Fsp3) is 0.333. The Morgan fingerprint density at radius 3 is 2.24 bits per heavy atom. The first-order valence-corrected chi connectivity index (χ1v) is 14.0. The molecule has 0 bridgehead atoms. The van der Waals surface area contributed by atoms with E-state index in [1.54, 1.807) is 19.0 Å². The van der Waals surface area contributed by atoms with E-state index in [4.69, 9.17) is 5.73 Å². The number of phenols is 1. The van der Waals surface area contributed by atoms with Gasteiger partial charge in [-0.2, -0.15) is 0 Å². The van der Waals surface area contributed by atoms with Crippen molar-refractivity contribution in [2.24, 2.45) is 17.6 Å². The van der Waals surface area contributed by atoms with Crippen LogP contribution in [0.5, 0.6) is 5.75 Å². The number of phenolic OH excluding ortho intramolecular Hbond substituents is 1. The lowest BCUT2D eigenvalue weighted by molar-refractivity contribution is -0.384. The van der Waals surface area contributed by atoms with E-state index in [0.29, 0.717) is 11.3 Å². The summed E-state index contributed by atoms with van der Waals surface area (Å²) in [5.74, 6) is -7.84. The fourth-order valence-electron chi connectivity index (χ4n) is 6.74. The van der Waals surface area contributed by atoms with Gasteiger partial charge in [-0.15, -0.1) is 0 Å². The first kappa shape index (κ1) is 31.9. The topological polar surface area (TPSA) is 249 Å². The zero-order valence-corrected chi connectivity index (χ0v) is 25.2. The summed E-state index contributed by atoms with van der Waals surface area (Å²) in [7, 11) is 6.40. The molecule has 3 aliphatic carbocycles. The largest absolute Gasteiger partial charge is 0.508 e. The number of anilines is 3. The van der Waals surface area contributed by atoms with Crippen molar-refractivity contribution in [2.75, 3.05) is 43.7 Å². The number of benzene rings is 2. The van der Waals surface area contributed by atoms with E-state index in [-0.39, 0.29) is 41.0 Å². The lowest BCUT2D eigenvalue weighted by Crippen LogP contribution is -2.65. The average Bonchev–Trinajstić information content (AvgIpc) is 2.96. The molecule has 3 aliphatic rings. The maximum atomic E-state index is 14.1. The Labute approximate surface area is 261 Å². The van der Waals surface area contributed by atoms with Crippen LogP contribution in [0.25, 0.3) is 5.76 Å². The van der Waals surface area contributed by atoms with E-state index < -0.39 is 74.7 Å². The number of hydrogen-bond acceptors (Lipinski definition) is 12. The summed E-state index contributed by atoms with van der Waals surface area (Å²) in [6.07, 6.45) is -0.0120. The van der Waals surface area contributed by atoms with Gasteiger partial charge in [0.1, 0.15) is 17.1 Å². The van der Waals surface area contributed by atoms with Crippen molar-refractivity contribution in [2.45, 2.75) is 24.5 Å². The van der Waals surface area contributed by atoms with Gasteiger partial charge in [-0.25, -0.2) is 4.79 Å². The number of non-ortho nitro benzene ring substituents is 1. The number of urea groups is 1. The number of fused-ring (bicyclic) bond motifs is 3. The number of nitro benzene ring substituents is 1. The van der Waals surface area contributed by atoms with Gasteiger partial charge in [0, 0.05) is 49.1 Å². The molecule has 1 fully saturated rings. The summed E-state index contributed by atoms with van der Waals surface area (Å²) >= 11 is 0. The number of aliphatic hydroxyl groups is 3. The zero-order valence-electron chi connectivity index (χ0n) is 25.2. The van der Waals surface area contributed by atoms with Crippen LogP contribution in [0.2, 0.25) is 0 Å². The highest BCUT2D eigenvalue weighted by Gasteiger charge is 2.64. The van der Waals surface area contributed by atoms with Crippen molar-refractivity contribution in [1.29, 1.82) is 0 Å². The average molecular weight is 637 g/mol. The Bertz CT molecular complexity index is 1780.